The van der Waals surface area contributed by atoms with E-state index in [0.29, 0.717) is 18.7 Å². The van der Waals surface area contributed by atoms with Gasteiger partial charge in [0.05, 0.1) is 18.5 Å². The molecule has 0 spiro atoms. The van der Waals surface area contributed by atoms with E-state index in [1.165, 1.54) is 0 Å². The fourth-order valence-electron chi connectivity index (χ4n) is 2.32. The Morgan fingerprint density at radius 1 is 1.40 bits per heavy atom. The molecule has 4 heteroatoms. The minimum absolute atomic E-state index is 0.122. The van der Waals surface area contributed by atoms with Crippen molar-refractivity contribution in [3.63, 3.8) is 0 Å². The fourth-order valence-corrected chi connectivity index (χ4v) is 2.32. The smallest absolute Gasteiger partial charge is 0.274 e. The molecule has 102 valence electrons. The standard InChI is InChI=1S/C16H16N2O2/c1-11-4-5-12-8-13(16(19)18-15(12)7-11)9-17-10-14-3-2-6-20-14/h2-8,12,17H,9-10H2,1H3. The van der Waals surface area contributed by atoms with Crippen LogP contribution in [0.4, 0.5) is 0 Å². The number of carbonyl (C=O) groups is 1. The highest BCUT2D eigenvalue weighted by Crippen LogP contribution is 2.21. The first-order valence-corrected chi connectivity index (χ1v) is 6.65. The van der Waals surface area contributed by atoms with E-state index >= 15 is 0 Å². The van der Waals surface area contributed by atoms with Gasteiger partial charge in [0.15, 0.2) is 0 Å². The Morgan fingerprint density at radius 2 is 2.30 bits per heavy atom. The second kappa shape index (κ2) is 5.43. The summed E-state index contributed by atoms with van der Waals surface area (Å²) in [5.74, 6) is 0.827. The summed E-state index contributed by atoms with van der Waals surface area (Å²) in [5, 5.41) is 3.20. The van der Waals surface area contributed by atoms with Gasteiger partial charge in [-0.15, -0.1) is 0 Å². The zero-order chi connectivity index (χ0) is 13.9. The summed E-state index contributed by atoms with van der Waals surface area (Å²) in [6, 6.07) is 3.75. The predicted molar refractivity (Wildman–Crippen MR) is 77.3 cm³/mol. The van der Waals surface area contributed by atoms with Crippen LogP contribution in [0.3, 0.4) is 0 Å². The molecule has 1 aromatic rings. The summed E-state index contributed by atoms with van der Waals surface area (Å²) in [5.41, 5.74) is 2.67. The van der Waals surface area contributed by atoms with Crippen molar-refractivity contribution in [2.75, 3.05) is 6.54 Å². The second-order valence-corrected chi connectivity index (χ2v) is 4.99. The topological polar surface area (TPSA) is 54.6 Å². The molecular formula is C16H16N2O2. The van der Waals surface area contributed by atoms with E-state index in [4.69, 9.17) is 4.42 Å². The van der Waals surface area contributed by atoms with E-state index < -0.39 is 0 Å². The molecule has 1 amide bonds. The molecule has 0 saturated heterocycles. The molecule has 0 saturated carbocycles. The van der Waals surface area contributed by atoms with Crippen LogP contribution < -0.4 is 5.32 Å². The average Bonchev–Trinajstić information content (AvgIpc) is 2.93. The van der Waals surface area contributed by atoms with Crippen LogP contribution >= 0.6 is 0 Å². The van der Waals surface area contributed by atoms with Gasteiger partial charge < -0.3 is 9.73 Å². The van der Waals surface area contributed by atoms with Crippen molar-refractivity contribution in [3.05, 3.63) is 59.6 Å². The van der Waals surface area contributed by atoms with Crippen LogP contribution in [0.5, 0.6) is 0 Å². The van der Waals surface area contributed by atoms with Crippen LogP contribution in [0.25, 0.3) is 0 Å². The monoisotopic (exact) mass is 268 g/mol. The highest BCUT2D eigenvalue weighted by Gasteiger charge is 2.22. The lowest BCUT2D eigenvalue weighted by atomic mass is 9.90. The van der Waals surface area contributed by atoms with Crippen molar-refractivity contribution in [1.82, 2.24) is 5.32 Å². The quantitative estimate of drug-likeness (QED) is 0.912. The van der Waals surface area contributed by atoms with Crippen LogP contribution in [0.15, 0.2) is 63.3 Å². The average molecular weight is 268 g/mol. The van der Waals surface area contributed by atoms with E-state index in [0.717, 1.165) is 17.0 Å². The number of rotatable bonds is 4. The van der Waals surface area contributed by atoms with E-state index in [1.54, 1.807) is 6.26 Å². The molecular weight excluding hydrogens is 252 g/mol. The third-order valence-electron chi connectivity index (χ3n) is 3.36. The number of amides is 1. The number of carbonyl (C=O) groups excluding carboxylic acids is 1. The maximum absolute atomic E-state index is 12.0. The lowest BCUT2D eigenvalue weighted by Gasteiger charge is -2.19. The van der Waals surface area contributed by atoms with Crippen LogP contribution in [0.1, 0.15) is 12.7 Å². The maximum atomic E-state index is 12.0. The molecule has 0 fully saturated rings. The highest BCUT2D eigenvalue weighted by atomic mass is 16.3. The largest absolute Gasteiger partial charge is 0.468 e. The number of dihydropyridines is 1. The molecule has 3 rings (SSSR count). The van der Waals surface area contributed by atoms with Gasteiger partial charge in [-0.05, 0) is 30.7 Å². The maximum Gasteiger partial charge on any atom is 0.274 e. The van der Waals surface area contributed by atoms with Gasteiger partial charge in [-0.25, -0.2) is 4.99 Å². The van der Waals surface area contributed by atoms with Crippen LogP contribution in [-0.4, -0.2) is 18.2 Å². The molecule has 2 aliphatic rings. The minimum atomic E-state index is -0.150. The van der Waals surface area contributed by atoms with Gasteiger partial charge >= 0.3 is 0 Å². The number of aliphatic imine (C=N–C) groups is 1. The third-order valence-corrected chi connectivity index (χ3v) is 3.36. The Kier molecular flexibility index (Phi) is 3.48. The molecule has 20 heavy (non-hydrogen) atoms. The van der Waals surface area contributed by atoms with Gasteiger partial charge in [0.25, 0.3) is 5.91 Å². The number of nitrogens with one attached hydrogen (secondary N) is 1. The van der Waals surface area contributed by atoms with E-state index in [2.05, 4.69) is 22.5 Å². The summed E-state index contributed by atoms with van der Waals surface area (Å²) in [6.45, 7) is 3.11. The van der Waals surface area contributed by atoms with Crippen LogP contribution in [0.2, 0.25) is 0 Å². The van der Waals surface area contributed by atoms with Crippen molar-refractivity contribution in [2.45, 2.75) is 13.5 Å². The summed E-state index contributed by atoms with van der Waals surface area (Å²) in [6.07, 6.45) is 9.72. The molecule has 1 aromatic heterocycles. The summed E-state index contributed by atoms with van der Waals surface area (Å²) in [4.78, 5) is 16.1. The van der Waals surface area contributed by atoms with Crippen molar-refractivity contribution in [3.8, 4) is 0 Å². The predicted octanol–water partition coefficient (Wildman–Crippen LogP) is 2.41. The van der Waals surface area contributed by atoms with Crippen molar-refractivity contribution in [1.29, 1.82) is 0 Å². The zero-order valence-corrected chi connectivity index (χ0v) is 11.3. The van der Waals surface area contributed by atoms with Gasteiger partial charge in [0, 0.05) is 18.0 Å². The van der Waals surface area contributed by atoms with Gasteiger partial charge in [0.2, 0.25) is 0 Å². The first-order chi connectivity index (χ1) is 9.72. The Labute approximate surface area is 117 Å². The lowest BCUT2D eigenvalue weighted by Crippen LogP contribution is -2.26. The molecule has 0 aromatic carbocycles. The Morgan fingerprint density at radius 3 is 3.10 bits per heavy atom. The van der Waals surface area contributed by atoms with Crippen LogP contribution in [0, 0.1) is 5.92 Å². The van der Waals surface area contributed by atoms with E-state index in [1.807, 2.05) is 31.2 Å². The van der Waals surface area contributed by atoms with Crippen molar-refractivity contribution in [2.24, 2.45) is 10.9 Å². The van der Waals surface area contributed by atoms with E-state index in [-0.39, 0.29) is 11.8 Å². The number of nitrogens with zero attached hydrogens (tertiary/aromatic N) is 1. The summed E-state index contributed by atoms with van der Waals surface area (Å²) < 4.78 is 5.23. The molecule has 1 atom stereocenters. The van der Waals surface area contributed by atoms with Crippen molar-refractivity contribution < 1.29 is 9.21 Å². The zero-order valence-electron chi connectivity index (χ0n) is 11.3. The number of hydrogen-bond donors (Lipinski definition) is 1. The molecule has 0 bridgehead atoms. The number of furan rings is 1. The first kappa shape index (κ1) is 12.8. The minimum Gasteiger partial charge on any atom is -0.468 e. The number of hydrogen-bond acceptors (Lipinski definition) is 3. The lowest BCUT2D eigenvalue weighted by molar-refractivity contribution is -0.114. The number of fused-ring (bicyclic) bond motifs is 1. The Bertz CT molecular complexity index is 633. The number of allylic oxidation sites excluding steroid dienone is 5. The molecule has 4 nitrogen and oxygen atoms in total. The van der Waals surface area contributed by atoms with Gasteiger partial charge in [0.1, 0.15) is 5.76 Å². The van der Waals surface area contributed by atoms with Gasteiger partial charge in [-0.2, -0.15) is 0 Å². The SMILES string of the molecule is CC1=CC2=NC(=O)C(CNCc3ccco3)=CC2C=C1. The summed E-state index contributed by atoms with van der Waals surface area (Å²) >= 11 is 0. The second-order valence-electron chi connectivity index (χ2n) is 4.99. The van der Waals surface area contributed by atoms with Crippen molar-refractivity contribution >= 4 is 11.6 Å². The van der Waals surface area contributed by atoms with E-state index in [9.17, 15) is 4.79 Å². The van der Waals surface area contributed by atoms with Gasteiger partial charge in [-0.1, -0.05) is 18.2 Å². The molecule has 1 aliphatic heterocycles. The summed E-state index contributed by atoms with van der Waals surface area (Å²) in [7, 11) is 0. The highest BCUT2D eigenvalue weighted by molar-refractivity contribution is 6.13. The van der Waals surface area contributed by atoms with Gasteiger partial charge in [-0.3, -0.25) is 4.79 Å². The molecule has 0 radical (unpaired) electrons. The normalized spacial score (nSPS) is 21.1. The Hall–Kier alpha value is -2.20. The third kappa shape index (κ3) is 2.70. The molecule has 1 N–H and O–H groups in total. The molecule has 1 aliphatic carbocycles. The first-order valence-electron chi connectivity index (χ1n) is 6.65. The van der Waals surface area contributed by atoms with Crippen LogP contribution in [-0.2, 0) is 11.3 Å². The molecule has 1 unspecified atom stereocenters. The Balaban J connectivity index is 1.64. The molecule has 2 heterocycles. The fraction of sp³-hybridized carbons (Fsp3) is 0.250.